The van der Waals surface area contributed by atoms with Crippen LogP contribution in [0.15, 0.2) is 90.1 Å². The summed E-state index contributed by atoms with van der Waals surface area (Å²) in [4.78, 5) is 7.97. The number of nitrogens with two attached hydrogens (primary N) is 1. The molecule has 7 nitrogen and oxygen atoms in total. The van der Waals surface area contributed by atoms with Crippen molar-refractivity contribution in [3.63, 3.8) is 0 Å². The number of anilines is 2. The normalized spacial score (nSPS) is 11.4. The lowest BCUT2D eigenvalue weighted by Crippen LogP contribution is -2.15. The third kappa shape index (κ3) is 4.78. The van der Waals surface area contributed by atoms with Gasteiger partial charge in [-0.3, -0.25) is 9.71 Å². The van der Waals surface area contributed by atoms with Gasteiger partial charge in [0, 0.05) is 35.1 Å². The highest BCUT2D eigenvalue weighted by atomic mass is 32.2. The number of pyridine rings is 2. The molecule has 3 aromatic carbocycles. The molecule has 186 valence electrons. The predicted molar refractivity (Wildman–Crippen MR) is 139 cm³/mol. The van der Waals surface area contributed by atoms with Gasteiger partial charge >= 0.3 is 0 Å². The number of aromatic nitrogens is 2. The first-order chi connectivity index (χ1) is 17.7. The van der Waals surface area contributed by atoms with E-state index >= 15 is 0 Å². The molecule has 0 aliphatic heterocycles. The summed E-state index contributed by atoms with van der Waals surface area (Å²) in [7, 11) is -3.07. The van der Waals surface area contributed by atoms with Crippen LogP contribution in [0.3, 0.4) is 0 Å². The molecule has 0 radical (unpaired) electrons. The molecule has 2 aromatic heterocycles. The fraction of sp³-hybridized carbons (Fsp3) is 0.0370. The Morgan fingerprint density at radius 1 is 0.865 bits per heavy atom. The number of benzene rings is 3. The molecule has 10 heteroatoms. The number of rotatable bonds is 6. The van der Waals surface area contributed by atoms with E-state index in [1.165, 1.54) is 19.4 Å². The standard InChI is InChI=1S/C27H20F2N4O3S/c1-36-27-25(33-37(34,35)26-9-5-19(28)14-23(26)29)13-18(15-32-27)17-4-8-24-22(12-17)21(10-11-31-24)16-2-6-20(30)7-3-16/h2-15,33H,30H2,1H3. The van der Waals surface area contributed by atoms with Crippen molar-refractivity contribution in [1.82, 2.24) is 9.97 Å². The molecular weight excluding hydrogens is 498 g/mol. The van der Waals surface area contributed by atoms with Crippen LogP contribution < -0.4 is 15.2 Å². The average Bonchev–Trinajstić information content (AvgIpc) is 2.88. The minimum atomic E-state index is -4.41. The molecule has 0 bridgehead atoms. The number of halogens is 2. The van der Waals surface area contributed by atoms with Gasteiger partial charge < -0.3 is 10.5 Å². The van der Waals surface area contributed by atoms with E-state index in [9.17, 15) is 17.2 Å². The molecule has 0 fully saturated rings. The zero-order valence-electron chi connectivity index (χ0n) is 19.4. The second-order valence-corrected chi connectivity index (χ2v) is 9.82. The number of fused-ring (bicyclic) bond motifs is 1. The van der Waals surface area contributed by atoms with Gasteiger partial charge in [-0.25, -0.2) is 22.2 Å². The summed E-state index contributed by atoms with van der Waals surface area (Å²) in [5, 5.41) is 0.871. The second kappa shape index (κ2) is 9.47. The number of hydrogen-bond acceptors (Lipinski definition) is 6. The molecule has 5 rings (SSSR count). The summed E-state index contributed by atoms with van der Waals surface area (Å²) in [6.07, 6.45) is 3.26. The summed E-state index contributed by atoms with van der Waals surface area (Å²) in [6, 6.07) is 18.8. The maximum atomic E-state index is 14.2. The molecule has 0 saturated carbocycles. The van der Waals surface area contributed by atoms with E-state index in [4.69, 9.17) is 10.5 Å². The first-order valence-corrected chi connectivity index (χ1v) is 12.5. The van der Waals surface area contributed by atoms with Crippen molar-refractivity contribution < 1.29 is 21.9 Å². The summed E-state index contributed by atoms with van der Waals surface area (Å²) in [6.45, 7) is 0. The van der Waals surface area contributed by atoms with Crippen LogP contribution in [-0.4, -0.2) is 25.5 Å². The minimum absolute atomic E-state index is 0.00577. The number of nitrogen functional groups attached to an aromatic ring is 1. The van der Waals surface area contributed by atoms with Crippen LogP contribution in [0.1, 0.15) is 0 Å². The maximum Gasteiger partial charge on any atom is 0.264 e. The van der Waals surface area contributed by atoms with Crippen LogP contribution in [0.2, 0.25) is 0 Å². The minimum Gasteiger partial charge on any atom is -0.480 e. The van der Waals surface area contributed by atoms with Crippen LogP contribution in [0.25, 0.3) is 33.2 Å². The Kier molecular flexibility index (Phi) is 6.18. The number of sulfonamides is 1. The molecule has 0 aliphatic carbocycles. The Morgan fingerprint density at radius 2 is 1.62 bits per heavy atom. The topological polar surface area (TPSA) is 107 Å². The smallest absolute Gasteiger partial charge is 0.264 e. The lowest BCUT2D eigenvalue weighted by molar-refractivity contribution is 0.400. The van der Waals surface area contributed by atoms with Crippen LogP contribution in [0.4, 0.5) is 20.2 Å². The Hall–Kier alpha value is -4.57. The van der Waals surface area contributed by atoms with E-state index in [2.05, 4.69) is 14.7 Å². The molecule has 0 unspecified atom stereocenters. The van der Waals surface area contributed by atoms with Gasteiger partial charge in [0.25, 0.3) is 10.0 Å². The SMILES string of the molecule is COc1ncc(-c2ccc3nccc(-c4ccc(N)cc4)c3c2)cc1NS(=O)(=O)c1ccc(F)cc1F. The molecule has 0 atom stereocenters. The van der Waals surface area contributed by atoms with Crippen molar-refractivity contribution in [3.05, 3.63) is 96.8 Å². The molecule has 0 saturated heterocycles. The summed E-state index contributed by atoms with van der Waals surface area (Å²) in [5.41, 5.74) is 10.5. The fourth-order valence-corrected chi connectivity index (χ4v) is 5.09. The van der Waals surface area contributed by atoms with Gasteiger partial charge in [-0.1, -0.05) is 18.2 Å². The molecule has 37 heavy (non-hydrogen) atoms. The van der Waals surface area contributed by atoms with Gasteiger partial charge in [0.1, 0.15) is 22.2 Å². The number of methoxy groups -OCH3 is 1. The number of nitrogens with one attached hydrogen (secondary N) is 1. The zero-order valence-corrected chi connectivity index (χ0v) is 20.3. The number of nitrogens with zero attached hydrogens (tertiary/aromatic N) is 2. The first kappa shape index (κ1) is 24.1. The highest BCUT2D eigenvalue weighted by Crippen LogP contribution is 2.34. The van der Waals surface area contributed by atoms with Crippen LogP contribution in [0.5, 0.6) is 5.88 Å². The third-order valence-corrected chi connectivity index (χ3v) is 7.17. The van der Waals surface area contributed by atoms with Gasteiger partial charge in [0.2, 0.25) is 5.88 Å². The Balaban J connectivity index is 1.58. The van der Waals surface area contributed by atoms with Crippen molar-refractivity contribution in [3.8, 4) is 28.1 Å². The second-order valence-electron chi connectivity index (χ2n) is 8.17. The van der Waals surface area contributed by atoms with Gasteiger partial charge in [-0.15, -0.1) is 0 Å². The van der Waals surface area contributed by atoms with Gasteiger partial charge in [0.15, 0.2) is 0 Å². The van der Waals surface area contributed by atoms with E-state index in [1.54, 1.807) is 6.20 Å². The first-order valence-electron chi connectivity index (χ1n) is 11.0. The molecular formula is C27H20F2N4O3S. The molecule has 3 N–H and O–H groups in total. The van der Waals surface area contributed by atoms with Crippen molar-refractivity contribution in [2.24, 2.45) is 0 Å². The van der Waals surface area contributed by atoms with Crippen molar-refractivity contribution in [1.29, 1.82) is 0 Å². The predicted octanol–water partition coefficient (Wildman–Crippen LogP) is 5.63. The van der Waals surface area contributed by atoms with E-state index in [-0.39, 0.29) is 11.6 Å². The lowest BCUT2D eigenvalue weighted by atomic mass is 9.97. The molecule has 0 aliphatic rings. The fourth-order valence-electron chi connectivity index (χ4n) is 3.98. The van der Waals surface area contributed by atoms with Gasteiger partial charge in [-0.05, 0) is 65.2 Å². The average molecular weight is 519 g/mol. The zero-order chi connectivity index (χ0) is 26.2. The van der Waals surface area contributed by atoms with E-state index in [1.807, 2.05) is 48.5 Å². The van der Waals surface area contributed by atoms with Gasteiger partial charge in [-0.2, -0.15) is 0 Å². The van der Waals surface area contributed by atoms with Crippen molar-refractivity contribution in [2.45, 2.75) is 4.90 Å². The van der Waals surface area contributed by atoms with Crippen molar-refractivity contribution >= 4 is 32.3 Å². The Morgan fingerprint density at radius 3 is 2.35 bits per heavy atom. The summed E-state index contributed by atoms with van der Waals surface area (Å²) in [5.74, 6) is -2.12. The lowest BCUT2D eigenvalue weighted by Gasteiger charge is -2.14. The number of hydrogen-bond donors (Lipinski definition) is 2. The molecule has 5 aromatic rings. The third-order valence-electron chi connectivity index (χ3n) is 5.77. The molecule has 2 heterocycles. The highest BCUT2D eigenvalue weighted by Gasteiger charge is 2.22. The maximum absolute atomic E-state index is 14.2. The van der Waals surface area contributed by atoms with E-state index in [0.717, 1.165) is 39.7 Å². The van der Waals surface area contributed by atoms with Crippen LogP contribution in [-0.2, 0) is 10.0 Å². The Labute approximate surface area is 211 Å². The largest absolute Gasteiger partial charge is 0.480 e. The molecule has 0 amide bonds. The Bertz CT molecular complexity index is 1740. The van der Waals surface area contributed by atoms with E-state index < -0.39 is 26.6 Å². The summed E-state index contributed by atoms with van der Waals surface area (Å²) >= 11 is 0. The molecule has 0 spiro atoms. The van der Waals surface area contributed by atoms with Crippen LogP contribution >= 0.6 is 0 Å². The monoisotopic (exact) mass is 518 g/mol. The van der Waals surface area contributed by atoms with E-state index in [0.29, 0.717) is 17.3 Å². The van der Waals surface area contributed by atoms with Crippen LogP contribution in [0, 0.1) is 11.6 Å². The summed E-state index contributed by atoms with van der Waals surface area (Å²) < 4.78 is 60.8. The quantitative estimate of drug-likeness (QED) is 0.282. The highest BCUT2D eigenvalue weighted by molar-refractivity contribution is 7.92. The number of ether oxygens (including phenoxy) is 1. The van der Waals surface area contributed by atoms with Gasteiger partial charge in [0.05, 0.1) is 12.6 Å². The van der Waals surface area contributed by atoms with Crippen molar-refractivity contribution in [2.75, 3.05) is 17.6 Å².